The second-order valence-electron chi connectivity index (χ2n) is 9.55. The highest BCUT2D eigenvalue weighted by Gasteiger charge is 2.34. The van der Waals surface area contributed by atoms with E-state index >= 15 is 0 Å². The summed E-state index contributed by atoms with van der Waals surface area (Å²) in [5, 5.41) is 4.34. The Morgan fingerprint density at radius 3 is 2.88 bits per heavy atom. The van der Waals surface area contributed by atoms with Crippen molar-refractivity contribution in [3.05, 3.63) is 42.5 Å². The fraction of sp³-hybridized carbons (Fsp3) is 0.458. The largest absolute Gasteiger partial charge is 0.492 e. The molecule has 5 rings (SSSR count). The Balaban J connectivity index is 1.67. The maximum Gasteiger partial charge on any atom is 0.416 e. The molecule has 0 radical (unpaired) electrons. The molecule has 1 fully saturated rings. The van der Waals surface area contributed by atoms with Gasteiger partial charge in [-0.2, -0.15) is 5.10 Å². The van der Waals surface area contributed by atoms with E-state index in [9.17, 15) is 9.18 Å². The molecule has 4 heterocycles. The number of ether oxygens (including phenoxy) is 2. The van der Waals surface area contributed by atoms with Gasteiger partial charge in [0.1, 0.15) is 29.6 Å². The first kappa shape index (κ1) is 21.6. The number of hydrogen-bond donors (Lipinski definition) is 0. The summed E-state index contributed by atoms with van der Waals surface area (Å²) < 4.78 is 28.1. The van der Waals surface area contributed by atoms with Gasteiger partial charge in [-0.15, -0.1) is 0 Å². The van der Waals surface area contributed by atoms with E-state index in [1.165, 1.54) is 6.07 Å². The van der Waals surface area contributed by atoms with Crippen molar-refractivity contribution in [1.82, 2.24) is 19.5 Å². The zero-order valence-electron chi connectivity index (χ0n) is 19.1. The molecule has 2 aromatic heterocycles. The number of carbonyl (C=O) groups excluding carboxylic acids is 1. The predicted molar refractivity (Wildman–Crippen MR) is 122 cm³/mol. The first-order valence-electron chi connectivity index (χ1n) is 11.3. The molecule has 2 atom stereocenters. The van der Waals surface area contributed by atoms with Gasteiger partial charge in [0.15, 0.2) is 5.65 Å². The van der Waals surface area contributed by atoms with E-state index in [0.717, 1.165) is 19.4 Å². The first-order valence-corrected chi connectivity index (χ1v) is 11.3. The topological polar surface area (TPSA) is 72.2 Å². The molecule has 1 unspecified atom stereocenters. The molecule has 1 aromatic carbocycles. The molecule has 1 amide bonds. The molecule has 8 nitrogen and oxygen atoms in total. The van der Waals surface area contributed by atoms with E-state index in [1.54, 1.807) is 40.0 Å². The smallest absolute Gasteiger partial charge is 0.416 e. The van der Waals surface area contributed by atoms with Crippen LogP contribution in [0, 0.1) is 5.82 Å². The number of rotatable bonds is 0. The number of carbonyl (C=O) groups is 1. The maximum absolute atomic E-state index is 14.8. The summed E-state index contributed by atoms with van der Waals surface area (Å²) >= 11 is 0. The van der Waals surface area contributed by atoms with Crippen molar-refractivity contribution < 1.29 is 18.7 Å². The van der Waals surface area contributed by atoms with Crippen molar-refractivity contribution in [3.63, 3.8) is 0 Å². The normalized spacial score (nSPS) is 20.9. The van der Waals surface area contributed by atoms with Crippen LogP contribution in [0.1, 0.15) is 33.6 Å². The van der Waals surface area contributed by atoms with Crippen molar-refractivity contribution in [3.8, 4) is 16.9 Å². The average Bonchev–Trinajstić information content (AvgIpc) is 3.17. The third-order valence-corrected chi connectivity index (χ3v) is 5.94. The number of halogens is 1. The molecular weight excluding hydrogens is 425 g/mol. The van der Waals surface area contributed by atoms with Crippen LogP contribution in [-0.4, -0.2) is 63.5 Å². The zero-order valence-corrected chi connectivity index (χ0v) is 19.1. The minimum atomic E-state index is -0.645. The molecule has 174 valence electrons. The van der Waals surface area contributed by atoms with Gasteiger partial charge in [-0.1, -0.05) is 0 Å². The number of fused-ring (bicyclic) bond motifs is 6. The van der Waals surface area contributed by atoms with Gasteiger partial charge in [-0.25, -0.2) is 18.7 Å². The van der Waals surface area contributed by atoms with Gasteiger partial charge >= 0.3 is 6.09 Å². The van der Waals surface area contributed by atoms with Crippen molar-refractivity contribution in [2.45, 2.75) is 45.3 Å². The van der Waals surface area contributed by atoms with Gasteiger partial charge in [0.2, 0.25) is 0 Å². The second kappa shape index (κ2) is 8.30. The summed E-state index contributed by atoms with van der Waals surface area (Å²) in [6.07, 6.45) is 4.67. The van der Waals surface area contributed by atoms with Crippen molar-refractivity contribution >= 4 is 17.6 Å². The standard InChI is InChI=1S/C24H28FN5O3/c1-24(2,3)33-23(31)30-16-5-4-9-28(15-16)11-12-32-17-6-7-20(25)18(13-17)19-14-26-29-10-8-21(30)27-22(19)29/h6-8,10,13-14,16H,4-5,9,11-12,15H2,1-3H3/t16-/m0/s1. The van der Waals surface area contributed by atoms with Crippen LogP contribution >= 0.6 is 0 Å². The average molecular weight is 454 g/mol. The third-order valence-electron chi connectivity index (χ3n) is 5.94. The van der Waals surface area contributed by atoms with E-state index in [4.69, 9.17) is 14.5 Å². The molecule has 6 bridgehead atoms. The lowest BCUT2D eigenvalue weighted by atomic mass is 10.0. The Kier molecular flexibility index (Phi) is 5.44. The van der Waals surface area contributed by atoms with E-state index in [1.807, 2.05) is 20.8 Å². The Labute approximate surface area is 191 Å². The zero-order chi connectivity index (χ0) is 23.2. The third kappa shape index (κ3) is 4.37. The van der Waals surface area contributed by atoms with Gasteiger partial charge in [-0.05, 0) is 64.4 Å². The Morgan fingerprint density at radius 2 is 2.06 bits per heavy atom. The van der Waals surface area contributed by atoms with Gasteiger partial charge < -0.3 is 9.47 Å². The molecule has 1 saturated heterocycles. The first-order chi connectivity index (χ1) is 15.8. The quantitative estimate of drug-likeness (QED) is 0.510. The van der Waals surface area contributed by atoms with Crippen LogP contribution in [0.2, 0.25) is 0 Å². The van der Waals surface area contributed by atoms with E-state index in [0.29, 0.717) is 48.0 Å². The van der Waals surface area contributed by atoms with Gasteiger partial charge in [0, 0.05) is 30.4 Å². The molecule has 33 heavy (non-hydrogen) atoms. The molecule has 2 aliphatic rings. The molecular formula is C24H28FN5O3. The van der Waals surface area contributed by atoms with Crippen LogP contribution < -0.4 is 9.64 Å². The van der Waals surface area contributed by atoms with Gasteiger partial charge in [0.25, 0.3) is 0 Å². The summed E-state index contributed by atoms with van der Waals surface area (Å²) in [6, 6.07) is 6.37. The lowest BCUT2D eigenvalue weighted by Gasteiger charge is -2.39. The molecule has 0 N–H and O–H groups in total. The fourth-order valence-corrected chi connectivity index (χ4v) is 4.46. The van der Waals surface area contributed by atoms with Gasteiger partial charge in [0.05, 0.1) is 12.2 Å². The number of benzene rings is 1. The minimum absolute atomic E-state index is 0.104. The van der Waals surface area contributed by atoms with E-state index in [-0.39, 0.29) is 11.9 Å². The number of aromatic nitrogens is 3. The summed E-state index contributed by atoms with van der Waals surface area (Å²) in [4.78, 5) is 22.1. The lowest BCUT2D eigenvalue weighted by Crippen LogP contribution is -2.52. The maximum atomic E-state index is 14.8. The van der Waals surface area contributed by atoms with Crippen LogP contribution in [0.25, 0.3) is 16.8 Å². The molecule has 9 heteroatoms. The number of anilines is 1. The minimum Gasteiger partial charge on any atom is -0.492 e. The fourth-order valence-electron chi connectivity index (χ4n) is 4.46. The number of hydrogen-bond acceptors (Lipinski definition) is 6. The van der Waals surface area contributed by atoms with Crippen molar-refractivity contribution in [2.75, 3.05) is 31.1 Å². The Hall–Kier alpha value is -3.20. The molecule has 3 aromatic rings. The van der Waals surface area contributed by atoms with Crippen LogP contribution in [0.5, 0.6) is 5.75 Å². The summed E-state index contributed by atoms with van der Waals surface area (Å²) in [6.45, 7) is 8.34. The molecule has 0 aliphatic carbocycles. The van der Waals surface area contributed by atoms with Crippen LogP contribution in [0.15, 0.2) is 36.7 Å². The Morgan fingerprint density at radius 1 is 1.21 bits per heavy atom. The molecule has 0 saturated carbocycles. The number of nitrogens with zero attached hydrogens (tertiary/aromatic N) is 5. The lowest BCUT2D eigenvalue weighted by molar-refractivity contribution is 0.0540. The molecule has 0 spiro atoms. The van der Waals surface area contributed by atoms with Crippen molar-refractivity contribution in [1.29, 1.82) is 0 Å². The number of piperidine rings is 1. The Bertz CT molecular complexity index is 1190. The predicted octanol–water partition coefficient (Wildman–Crippen LogP) is 4.13. The number of amides is 1. The van der Waals surface area contributed by atoms with Crippen LogP contribution in [-0.2, 0) is 4.74 Å². The van der Waals surface area contributed by atoms with Crippen LogP contribution in [0.3, 0.4) is 0 Å². The van der Waals surface area contributed by atoms with Gasteiger partial charge in [-0.3, -0.25) is 9.80 Å². The molecule has 2 aliphatic heterocycles. The summed E-state index contributed by atoms with van der Waals surface area (Å²) in [7, 11) is 0. The highest BCUT2D eigenvalue weighted by Crippen LogP contribution is 2.32. The SMILES string of the molecule is CC(C)(C)OC(=O)N1c2ccn3ncc(c3n2)-c2cc(ccc2F)OCCN2CCC[C@H]1C2. The monoisotopic (exact) mass is 453 g/mol. The van der Waals surface area contributed by atoms with E-state index in [2.05, 4.69) is 10.00 Å². The second-order valence-corrected chi connectivity index (χ2v) is 9.55. The van der Waals surface area contributed by atoms with Crippen LogP contribution in [0.4, 0.5) is 15.0 Å². The highest BCUT2D eigenvalue weighted by atomic mass is 19.1. The summed E-state index contributed by atoms with van der Waals surface area (Å²) in [5.74, 6) is 0.680. The highest BCUT2D eigenvalue weighted by molar-refractivity contribution is 5.88. The summed E-state index contributed by atoms with van der Waals surface area (Å²) in [5.41, 5.74) is 0.704. The van der Waals surface area contributed by atoms with Crippen molar-refractivity contribution in [2.24, 2.45) is 0 Å². The van der Waals surface area contributed by atoms with E-state index < -0.39 is 11.7 Å².